The van der Waals surface area contributed by atoms with Crippen molar-refractivity contribution >= 4 is 17.6 Å². The number of hydrogen-bond acceptors (Lipinski definition) is 3. The van der Waals surface area contributed by atoms with Gasteiger partial charge in [0.1, 0.15) is 6.61 Å². The molecule has 0 N–H and O–H groups in total. The Morgan fingerprint density at radius 3 is 1.96 bits per heavy atom. The smallest absolute Gasteiger partial charge is 0.310 e. The third-order valence-corrected chi connectivity index (χ3v) is 4.69. The predicted molar refractivity (Wildman–Crippen MR) is 82.6 cm³/mol. The minimum absolute atomic E-state index is 0.556. The lowest BCUT2D eigenvalue weighted by Crippen LogP contribution is -2.15. The van der Waals surface area contributed by atoms with Crippen LogP contribution in [0.5, 0.6) is 0 Å². The van der Waals surface area contributed by atoms with Gasteiger partial charge in [-0.1, -0.05) is 25.4 Å². The van der Waals surface area contributed by atoms with Crippen LogP contribution in [-0.4, -0.2) is 13.1 Å². The van der Waals surface area contributed by atoms with Crippen molar-refractivity contribution in [1.29, 1.82) is 0 Å². The fraction of sp³-hybridized carbons (Fsp3) is 0.471. The number of esters is 1. The van der Waals surface area contributed by atoms with E-state index in [1.165, 1.54) is 0 Å². The van der Waals surface area contributed by atoms with Gasteiger partial charge in [0.15, 0.2) is 28.6 Å². The molecule has 1 aromatic rings. The molecule has 9 heteroatoms. The Morgan fingerprint density at radius 2 is 1.54 bits per heavy atom. The van der Waals surface area contributed by atoms with Gasteiger partial charge in [-0.25, -0.2) is 17.6 Å². The van der Waals surface area contributed by atoms with Crippen LogP contribution in [0.1, 0.15) is 25.0 Å². The molecule has 0 unspecified atom stereocenters. The molecule has 26 heavy (non-hydrogen) atoms. The van der Waals surface area contributed by atoms with Crippen molar-refractivity contribution < 1.29 is 36.2 Å². The van der Waals surface area contributed by atoms with Gasteiger partial charge in [0, 0.05) is 13.0 Å². The van der Waals surface area contributed by atoms with Crippen LogP contribution in [0.4, 0.5) is 22.0 Å². The maximum absolute atomic E-state index is 14.0. The molecule has 1 saturated carbocycles. The maximum atomic E-state index is 14.0. The van der Waals surface area contributed by atoms with Crippen molar-refractivity contribution in [3.63, 3.8) is 0 Å². The highest BCUT2D eigenvalue weighted by molar-refractivity contribution is 6.28. The highest BCUT2D eigenvalue weighted by Gasteiger charge is 2.61. The van der Waals surface area contributed by atoms with E-state index in [1.54, 1.807) is 13.8 Å². The fourth-order valence-corrected chi connectivity index (χ4v) is 3.06. The van der Waals surface area contributed by atoms with Crippen LogP contribution in [0, 0.1) is 40.5 Å². The van der Waals surface area contributed by atoms with Crippen LogP contribution in [0.15, 0.2) is 11.4 Å². The Bertz CT molecular complexity index is 730. The second-order valence-corrected chi connectivity index (χ2v) is 6.90. The summed E-state index contributed by atoms with van der Waals surface area (Å²) in [6.45, 7) is 1.63. The second kappa shape index (κ2) is 7.52. The molecule has 1 aliphatic rings. The Hall–Kier alpha value is -1.67. The monoisotopic (exact) mass is 398 g/mol. The van der Waals surface area contributed by atoms with Crippen molar-refractivity contribution in [2.75, 3.05) is 7.11 Å². The van der Waals surface area contributed by atoms with Crippen LogP contribution in [0.25, 0.3) is 0 Å². The van der Waals surface area contributed by atoms with Gasteiger partial charge in [-0.15, -0.1) is 0 Å². The van der Waals surface area contributed by atoms with E-state index in [4.69, 9.17) is 16.3 Å². The summed E-state index contributed by atoms with van der Waals surface area (Å²) in [5.74, 6) is -8.79. The third kappa shape index (κ3) is 3.71. The molecule has 0 heterocycles. The van der Waals surface area contributed by atoms with E-state index >= 15 is 0 Å². The van der Waals surface area contributed by atoms with Gasteiger partial charge < -0.3 is 9.47 Å². The number of benzene rings is 1. The van der Waals surface area contributed by atoms with E-state index in [9.17, 15) is 26.7 Å². The molecule has 1 aliphatic carbocycles. The van der Waals surface area contributed by atoms with E-state index < -0.39 is 76.1 Å². The molecule has 0 spiro atoms. The number of ether oxygens (including phenoxy) is 2. The topological polar surface area (TPSA) is 35.5 Å². The summed E-state index contributed by atoms with van der Waals surface area (Å²) >= 11 is 5.15. The first kappa shape index (κ1) is 20.6. The lowest BCUT2D eigenvalue weighted by atomic mass is 10.1. The average molecular weight is 399 g/mol. The number of rotatable bonds is 6. The van der Waals surface area contributed by atoms with Gasteiger partial charge in [-0.2, -0.15) is 4.39 Å². The molecule has 144 valence electrons. The largest absolute Gasteiger partial charge is 0.460 e. The molecule has 0 aliphatic heterocycles. The molecule has 0 bridgehead atoms. The van der Waals surface area contributed by atoms with Crippen LogP contribution >= 0.6 is 11.6 Å². The van der Waals surface area contributed by atoms with Gasteiger partial charge in [0.2, 0.25) is 0 Å². The number of methoxy groups -OCH3 is 1. The molecular weight excluding hydrogens is 383 g/mol. The minimum Gasteiger partial charge on any atom is -0.460 e. The zero-order valence-corrected chi connectivity index (χ0v) is 14.9. The van der Waals surface area contributed by atoms with Gasteiger partial charge in [0.25, 0.3) is 0 Å². The van der Waals surface area contributed by atoms with E-state index in [0.717, 1.165) is 13.2 Å². The fourth-order valence-electron chi connectivity index (χ4n) is 2.93. The van der Waals surface area contributed by atoms with E-state index in [-0.39, 0.29) is 0 Å². The van der Waals surface area contributed by atoms with Crippen molar-refractivity contribution in [2.24, 2.45) is 17.3 Å². The first-order chi connectivity index (χ1) is 12.0. The van der Waals surface area contributed by atoms with E-state index in [0.29, 0.717) is 0 Å². The summed E-state index contributed by atoms with van der Waals surface area (Å²) < 4.78 is 77.8. The first-order valence-corrected chi connectivity index (χ1v) is 7.93. The summed E-state index contributed by atoms with van der Waals surface area (Å²) in [7, 11) is 1.11. The van der Waals surface area contributed by atoms with Crippen molar-refractivity contribution in [1.82, 2.24) is 0 Å². The minimum atomic E-state index is -1.66. The number of carbonyl (C=O) groups is 1. The van der Waals surface area contributed by atoms with Crippen LogP contribution in [-0.2, 0) is 27.5 Å². The van der Waals surface area contributed by atoms with Crippen LogP contribution in [0.2, 0.25) is 0 Å². The second-order valence-electron chi connectivity index (χ2n) is 6.53. The third-order valence-electron chi connectivity index (χ3n) is 4.56. The summed E-state index contributed by atoms with van der Waals surface area (Å²) in [6.07, 6.45) is 1.04. The zero-order valence-electron chi connectivity index (χ0n) is 14.1. The quantitative estimate of drug-likeness (QED) is 0.394. The highest BCUT2D eigenvalue weighted by Crippen LogP contribution is 2.60. The maximum Gasteiger partial charge on any atom is 0.310 e. The standard InChI is InChI=1S/C17H16ClF5O3/c1-17(2)9(4-10(18)19)11(17)16(24)26-6-8-14(22)12(20)7(5-25-3)13(21)15(8)23/h4,9,11H,5-6H2,1-3H3/t9-,11+/m1/s1. The summed E-state index contributed by atoms with van der Waals surface area (Å²) in [6, 6.07) is 0. The summed E-state index contributed by atoms with van der Waals surface area (Å²) in [5.41, 5.74) is -2.62. The van der Waals surface area contributed by atoms with E-state index in [1.807, 2.05) is 0 Å². The average Bonchev–Trinajstić information content (AvgIpc) is 3.09. The lowest BCUT2D eigenvalue weighted by molar-refractivity contribution is -0.147. The SMILES string of the molecule is COCc1c(F)c(F)c(COC(=O)[C@@H]2[C@@H](C=C(F)Cl)C2(C)C)c(F)c1F. The van der Waals surface area contributed by atoms with Gasteiger partial charge >= 0.3 is 5.97 Å². The molecule has 0 saturated heterocycles. The Kier molecular flexibility index (Phi) is 5.97. The molecule has 3 nitrogen and oxygen atoms in total. The first-order valence-electron chi connectivity index (χ1n) is 7.56. The van der Waals surface area contributed by atoms with Crippen molar-refractivity contribution in [3.05, 3.63) is 45.8 Å². The predicted octanol–water partition coefficient (Wildman–Crippen LogP) is 4.75. The Labute approximate surface area is 151 Å². The normalized spacial score (nSPS) is 21.7. The molecule has 2 rings (SSSR count). The van der Waals surface area contributed by atoms with E-state index in [2.05, 4.69) is 4.74 Å². The number of carbonyl (C=O) groups excluding carboxylic acids is 1. The Balaban J connectivity index is 2.18. The molecular formula is C17H16ClF5O3. The van der Waals surface area contributed by atoms with Gasteiger partial charge in [-0.3, -0.25) is 4.79 Å². The van der Waals surface area contributed by atoms with Gasteiger partial charge in [0.05, 0.1) is 23.7 Å². The lowest BCUT2D eigenvalue weighted by Gasteiger charge is -2.12. The molecule has 0 radical (unpaired) electrons. The number of hydrogen-bond donors (Lipinski definition) is 0. The molecule has 2 atom stereocenters. The molecule has 0 amide bonds. The number of halogens is 6. The zero-order chi connectivity index (χ0) is 19.8. The van der Waals surface area contributed by atoms with Gasteiger partial charge in [-0.05, 0) is 11.5 Å². The summed E-state index contributed by atoms with van der Waals surface area (Å²) in [5, 5.41) is -0.992. The van der Waals surface area contributed by atoms with Crippen LogP contribution < -0.4 is 0 Å². The van der Waals surface area contributed by atoms with Crippen molar-refractivity contribution in [2.45, 2.75) is 27.1 Å². The van der Waals surface area contributed by atoms with Crippen LogP contribution in [0.3, 0.4) is 0 Å². The molecule has 1 aromatic carbocycles. The Morgan fingerprint density at radius 1 is 1.08 bits per heavy atom. The number of allylic oxidation sites excluding steroid dienone is 1. The highest BCUT2D eigenvalue weighted by atomic mass is 35.5. The van der Waals surface area contributed by atoms with Crippen molar-refractivity contribution in [3.8, 4) is 0 Å². The molecule has 0 aromatic heterocycles. The molecule has 1 fully saturated rings. The summed E-state index contributed by atoms with van der Waals surface area (Å²) in [4.78, 5) is 12.1.